The van der Waals surface area contributed by atoms with Crippen LogP contribution in [0.5, 0.6) is 0 Å². The van der Waals surface area contributed by atoms with Crippen LogP contribution in [0.1, 0.15) is 93.4 Å². The van der Waals surface area contributed by atoms with Gasteiger partial charge in [-0.2, -0.15) is 0 Å². The second kappa shape index (κ2) is 17.9. The number of aromatic amines is 2. The highest BCUT2D eigenvalue weighted by molar-refractivity contribution is 5.87. The number of nitrogens with one attached hydrogen (secondary N) is 5. The second-order valence-corrected chi connectivity index (χ2v) is 16.6. The summed E-state index contributed by atoms with van der Waals surface area (Å²) >= 11 is 0. The Balaban J connectivity index is 1.01. The van der Waals surface area contributed by atoms with Crippen LogP contribution in [0.25, 0.3) is 28.5 Å². The van der Waals surface area contributed by atoms with Gasteiger partial charge in [0.25, 0.3) is 0 Å². The average Bonchev–Trinajstić information content (AvgIpc) is 4.10. The number of rotatable bonds is 12. The molecular formula is C45H55N9O6. The molecule has 0 saturated carbocycles. The number of methoxy groups -OCH3 is 2. The fraction of sp³-hybridized carbons (Fsp3) is 0.444. The highest BCUT2D eigenvalue weighted by Gasteiger charge is 2.41. The predicted molar refractivity (Wildman–Crippen MR) is 227 cm³/mol. The molecule has 2 aromatic heterocycles. The van der Waals surface area contributed by atoms with Crippen LogP contribution in [0.15, 0.2) is 60.9 Å². The molecule has 2 aromatic carbocycles. The molecular weight excluding hydrogens is 763 g/mol. The maximum absolute atomic E-state index is 13.7. The van der Waals surface area contributed by atoms with Crippen molar-refractivity contribution < 1.29 is 28.7 Å². The molecule has 3 aliphatic rings. The largest absolute Gasteiger partial charge is 0.453 e. The summed E-state index contributed by atoms with van der Waals surface area (Å²) < 4.78 is 9.54. The highest BCUT2D eigenvalue weighted by atomic mass is 16.5. The summed E-state index contributed by atoms with van der Waals surface area (Å²) in [4.78, 5) is 71.3. The van der Waals surface area contributed by atoms with E-state index >= 15 is 0 Å². The van der Waals surface area contributed by atoms with E-state index < -0.39 is 24.3 Å². The SMILES string of the molecule is COC(=O)N[C@H](C(=O)N1C[C@H](C=N)C[C@H]1c1ncc(-c2ccc(-c3ccc4c(c3)C=CC(c3cnc([C@@H]5CCCN5C(=O)[C@@H](NC(=O)OC)C(C)C)[nH]3)C4)cc2)[nH]1)C(C)C. The van der Waals surface area contributed by atoms with Crippen LogP contribution >= 0.6 is 0 Å². The van der Waals surface area contributed by atoms with Crippen LogP contribution in [0, 0.1) is 23.2 Å². The molecule has 2 aliphatic heterocycles. The minimum Gasteiger partial charge on any atom is -0.453 e. The zero-order chi connectivity index (χ0) is 42.7. The van der Waals surface area contributed by atoms with Gasteiger partial charge in [-0.05, 0) is 71.4 Å². The summed E-state index contributed by atoms with van der Waals surface area (Å²) in [6.45, 7) is 8.53. The second-order valence-electron chi connectivity index (χ2n) is 16.6. The van der Waals surface area contributed by atoms with E-state index in [0.717, 1.165) is 58.7 Å². The van der Waals surface area contributed by atoms with E-state index in [1.54, 1.807) is 11.1 Å². The number of benzene rings is 2. The van der Waals surface area contributed by atoms with Crippen molar-refractivity contribution in [3.05, 3.63) is 89.4 Å². The Morgan fingerprint density at radius 2 is 1.43 bits per heavy atom. The van der Waals surface area contributed by atoms with E-state index in [-0.39, 0.29) is 47.6 Å². The minimum atomic E-state index is -0.770. The van der Waals surface area contributed by atoms with Gasteiger partial charge < -0.3 is 45.3 Å². The topological polar surface area (TPSA) is 198 Å². The van der Waals surface area contributed by atoms with Crippen molar-refractivity contribution >= 4 is 36.3 Å². The molecule has 316 valence electrons. The third-order valence-corrected chi connectivity index (χ3v) is 12.0. The number of H-pyrrole nitrogens is 2. The first-order chi connectivity index (χ1) is 28.9. The number of carbonyl (C=O) groups excluding carboxylic acids is 4. The lowest BCUT2D eigenvalue weighted by Crippen LogP contribution is -2.51. The third kappa shape index (κ3) is 8.70. The molecule has 2 saturated heterocycles. The number of imidazole rings is 2. The lowest BCUT2D eigenvalue weighted by atomic mass is 9.86. The van der Waals surface area contributed by atoms with E-state index in [9.17, 15) is 19.2 Å². The molecule has 6 atom stereocenters. The standard InChI is InChI=1S/C45H55N9O6/c1-25(2)38(51-44(57)59-5)42(55)53-17-7-8-36(53)40-47-23-35(50-40)33-16-15-31-19-30(13-14-32(31)20-33)28-9-11-29(12-10-28)34-22-48-41(49-34)37-18-27(21-46)24-54(37)43(56)39(26(3)4)52-45(58)60-6/h9-16,19,21-23,25-27,33,36-39,46H,7-8,17-18,20,24H2,1-6H3,(H,47,50)(H,48,49)(H,51,57)(H,52,58)/t27-,33?,36-,37-,38-,39-/m0/s1. The van der Waals surface area contributed by atoms with Crippen molar-refractivity contribution in [3.63, 3.8) is 0 Å². The molecule has 15 heteroatoms. The first-order valence-corrected chi connectivity index (χ1v) is 20.7. The number of nitrogens with zero attached hydrogens (tertiary/aromatic N) is 4. The smallest absolute Gasteiger partial charge is 0.407 e. The number of allylic oxidation sites excluding steroid dienone is 1. The van der Waals surface area contributed by atoms with Gasteiger partial charge in [-0.15, -0.1) is 0 Å². The molecule has 0 bridgehead atoms. The van der Waals surface area contributed by atoms with Crippen molar-refractivity contribution in [1.82, 2.24) is 40.4 Å². The predicted octanol–water partition coefficient (Wildman–Crippen LogP) is 6.78. The maximum Gasteiger partial charge on any atom is 0.407 e. The Kier molecular flexibility index (Phi) is 12.5. The fourth-order valence-corrected chi connectivity index (χ4v) is 8.62. The zero-order valence-corrected chi connectivity index (χ0v) is 35.0. The number of hydrogen-bond acceptors (Lipinski definition) is 9. The Labute approximate surface area is 350 Å². The van der Waals surface area contributed by atoms with Crippen molar-refractivity contribution in [1.29, 1.82) is 5.41 Å². The summed E-state index contributed by atoms with van der Waals surface area (Å²) in [6.07, 6.45) is 11.1. The first kappa shape index (κ1) is 41.9. The van der Waals surface area contributed by atoms with E-state index in [1.807, 2.05) is 38.8 Å². The van der Waals surface area contributed by atoms with Gasteiger partial charge in [0.1, 0.15) is 23.7 Å². The van der Waals surface area contributed by atoms with E-state index in [4.69, 9.17) is 19.9 Å². The number of hydrogen-bond donors (Lipinski definition) is 5. The normalized spacial score (nSPS) is 20.8. The summed E-state index contributed by atoms with van der Waals surface area (Å²) in [5, 5.41) is 13.3. The van der Waals surface area contributed by atoms with Crippen LogP contribution in [0.4, 0.5) is 9.59 Å². The number of alkyl carbamates (subject to hydrolysis) is 2. The number of amides is 4. The molecule has 7 rings (SSSR count). The molecule has 4 amide bonds. The van der Waals surface area contributed by atoms with Gasteiger partial charge in [-0.1, -0.05) is 76.2 Å². The Morgan fingerprint density at radius 1 is 0.817 bits per heavy atom. The number of ether oxygens (including phenoxy) is 2. The molecule has 60 heavy (non-hydrogen) atoms. The van der Waals surface area contributed by atoms with Gasteiger partial charge in [0.15, 0.2) is 0 Å². The van der Waals surface area contributed by atoms with Crippen LogP contribution in [-0.4, -0.2) is 99.3 Å². The number of aromatic nitrogens is 4. The summed E-state index contributed by atoms with van der Waals surface area (Å²) in [7, 11) is 2.56. The first-order valence-electron chi connectivity index (χ1n) is 20.7. The number of carbonyl (C=O) groups is 4. The molecule has 15 nitrogen and oxygen atoms in total. The van der Waals surface area contributed by atoms with Gasteiger partial charge in [0.2, 0.25) is 11.8 Å². The quantitative estimate of drug-likeness (QED) is 0.0964. The van der Waals surface area contributed by atoms with Crippen molar-refractivity contribution in [2.45, 2.75) is 83.5 Å². The van der Waals surface area contributed by atoms with Gasteiger partial charge >= 0.3 is 12.2 Å². The summed E-state index contributed by atoms with van der Waals surface area (Å²) in [5.74, 6) is 0.757. The van der Waals surface area contributed by atoms with Crippen LogP contribution in [-0.2, 0) is 25.5 Å². The van der Waals surface area contributed by atoms with E-state index in [1.165, 1.54) is 26.0 Å². The molecule has 1 aliphatic carbocycles. The number of likely N-dealkylation sites (tertiary alicyclic amines) is 2. The Hall–Kier alpha value is -6.25. The zero-order valence-electron chi connectivity index (χ0n) is 35.0. The Bertz CT molecular complexity index is 2240. The molecule has 0 radical (unpaired) electrons. The monoisotopic (exact) mass is 817 g/mol. The van der Waals surface area contributed by atoms with Crippen molar-refractivity contribution in [2.24, 2.45) is 17.8 Å². The molecule has 4 aromatic rings. The van der Waals surface area contributed by atoms with Crippen LogP contribution in [0.3, 0.4) is 0 Å². The maximum atomic E-state index is 13.7. The molecule has 2 fully saturated rings. The fourth-order valence-electron chi connectivity index (χ4n) is 8.62. The Morgan fingerprint density at radius 3 is 2.08 bits per heavy atom. The summed E-state index contributed by atoms with van der Waals surface area (Å²) in [6, 6.07) is 12.8. The lowest BCUT2D eigenvalue weighted by Gasteiger charge is -2.30. The van der Waals surface area contributed by atoms with Crippen LogP contribution in [0.2, 0.25) is 0 Å². The molecule has 5 N–H and O–H groups in total. The number of fused-ring (bicyclic) bond motifs is 1. The van der Waals surface area contributed by atoms with Gasteiger partial charge in [0, 0.05) is 43.0 Å². The van der Waals surface area contributed by atoms with Gasteiger partial charge in [-0.3, -0.25) is 9.59 Å². The van der Waals surface area contributed by atoms with Crippen LogP contribution < -0.4 is 10.6 Å². The average molecular weight is 818 g/mol. The van der Waals surface area contributed by atoms with Gasteiger partial charge in [0.05, 0.1) is 38.2 Å². The van der Waals surface area contributed by atoms with Crippen molar-refractivity contribution in [2.75, 3.05) is 27.3 Å². The molecule has 4 heterocycles. The highest BCUT2D eigenvalue weighted by Crippen LogP contribution is 2.38. The minimum absolute atomic E-state index is 0.102. The molecule has 0 spiro atoms. The van der Waals surface area contributed by atoms with E-state index in [2.05, 4.69) is 80.2 Å². The third-order valence-electron chi connectivity index (χ3n) is 12.0. The van der Waals surface area contributed by atoms with Crippen molar-refractivity contribution in [3.8, 4) is 22.4 Å². The van der Waals surface area contributed by atoms with Gasteiger partial charge in [-0.25, -0.2) is 19.6 Å². The molecule has 1 unspecified atom stereocenters. The summed E-state index contributed by atoms with van der Waals surface area (Å²) in [5.41, 5.74) is 7.34. The lowest BCUT2D eigenvalue weighted by molar-refractivity contribution is -0.136. The van der Waals surface area contributed by atoms with E-state index in [0.29, 0.717) is 25.3 Å².